The largest absolute Gasteiger partial charge is 0.308 e. The molecule has 0 fully saturated rings. The number of nitrogens with zero attached hydrogens (tertiary/aromatic N) is 3. The fourth-order valence-electron chi connectivity index (χ4n) is 8.68. The Hall–Kier alpha value is -5.28. The van der Waals surface area contributed by atoms with E-state index in [1.165, 1.54) is 77.3 Å². The molecule has 8 aromatic rings. The molecule has 0 spiro atoms. The summed E-state index contributed by atoms with van der Waals surface area (Å²) in [5.74, 6) is 0.322. The van der Waals surface area contributed by atoms with Gasteiger partial charge in [-0.05, 0) is 60.4 Å². The van der Waals surface area contributed by atoms with Gasteiger partial charge in [-0.25, -0.2) is 0 Å². The zero-order valence-corrected chi connectivity index (χ0v) is 24.4. The first kappa shape index (κ1) is 24.2. The molecule has 0 radical (unpaired) electrons. The fraction of sp³-hybridized carbons (Fsp3) is 0.122. The number of rotatable bonds is 0. The number of hydrogen-bond acceptors (Lipinski definition) is 0. The zero-order chi connectivity index (χ0) is 28.9. The summed E-state index contributed by atoms with van der Waals surface area (Å²) in [6.45, 7) is 5.58. The number of aromatic nitrogens is 3. The monoisotopic (exact) mass is 565 g/mol. The van der Waals surface area contributed by atoms with Crippen LogP contribution in [-0.4, -0.2) is 4.40 Å². The van der Waals surface area contributed by atoms with E-state index in [0.717, 1.165) is 19.4 Å². The molecule has 2 atom stereocenters. The molecule has 4 aromatic heterocycles. The summed E-state index contributed by atoms with van der Waals surface area (Å²) < 4.78 is 7.45. The van der Waals surface area contributed by atoms with E-state index >= 15 is 0 Å². The van der Waals surface area contributed by atoms with Crippen molar-refractivity contribution >= 4 is 38.1 Å². The van der Waals surface area contributed by atoms with Gasteiger partial charge >= 0.3 is 0 Å². The number of aryl methyl sites for hydroxylation is 1. The minimum Gasteiger partial charge on any atom is -0.308 e. The molecule has 2 aliphatic rings. The van der Waals surface area contributed by atoms with Crippen LogP contribution in [0.4, 0.5) is 0 Å². The quantitative estimate of drug-likeness (QED) is 0.129. The van der Waals surface area contributed by atoms with E-state index in [2.05, 4.69) is 141 Å². The lowest BCUT2D eigenvalue weighted by Gasteiger charge is -2.32. The molecule has 0 N–H and O–H groups in total. The Kier molecular flexibility index (Phi) is 4.88. The molecule has 4 aromatic carbocycles. The molecule has 6 heterocycles. The van der Waals surface area contributed by atoms with Crippen molar-refractivity contribution in [1.29, 1.82) is 0 Å². The van der Waals surface area contributed by atoms with Gasteiger partial charge in [0.15, 0.2) is 25.0 Å². The maximum atomic E-state index is 4.81. The smallest absolute Gasteiger partial charge is 0.213 e. The lowest BCUT2D eigenvalue weighted by molar-refractivity contribution is -0.723. The molecule has 0 aliphatic carbocycles. The minimum atomic E-state index is 0.180. The number of para-hydroxylation sites is 2. The number of pyridine rings is 2. The third kappa shape index (κ3) is 3.11. The Morgan fingerprint density at radius 1 is 0.659 bits per heavy atom. The van der Waals surface area contributed by atoms with Gasteiger partial charge in [-0.15, -0.1) is 0 Å². The first-order valence-corrected chi connectivity index (χ1v) is 15.7. The van der Waals surface area contributed by atoms with Gasteiger partial charge in [0.05, 0.1) is 33.6 Å². The van der Waals surface area contributed by atoms with E-state index in [4.69, 9.17) is 6.58 Å². The highest BCUT2D eigenvalue weighted by atomic mass is 15.0. The highest BCUT2D eigenvalue weighted by molar-refractivity contribution is 6.25. The first-order chi connectivity index (χ1) is 21.8. The summed E-state index contributed by atoms with van der Waals surface area (Å²) in [4.78, 5) is 0. The van der Waals surface area contributed by atoms with Crippen LogP contribution in [0.3, 0.4) is 0 Å². The van der Waals surface area contributed by atoms with Gasteiger partial charge in [-0.3, -0.25) is 0 Å². The summed E-state index contributed by atoms with van der Waals surface area (Å²) in [5, 5.41) is 5.41. The average Bonchev–Trinajstić information content (AvgIpc) is 3.59. The van der Waals surface area contributed by atoms with Gasteiger partial charge in [0.25, 0.3) is 0 Å². The Labute approximate surface area is 255 Å². The molecule has 208 valence electrons. The highest BCUT2D eigenvalue weighted by Gasteiger charge is 2.43. The second-order valence-corrected chi connectivity index (χ2v) is 12.6. The third-order valence-corrected chi connectivity index (χ3v) is 10.4. The molecule has 2 aliphatic heterocycles. The minimum absolute atomic E-state index is 0.180. The summed E-state index contributed by atoms with van der Waals surface area (Å²) in [5.41, 5.74) is 13.3. The van der Waals surface area contributed by atoms with Crippen molar-refractivity contribution in [1.82, 2.24) is 4.40 Å². The van der Waals surface area contributed by atoms with Crippen LogP contribution in [0, 0.1) is 0 Å². The van der Waals surface area contributed by atoms with Crippen LogP contribution >= 0.6 is 0 Å². The van der Waals surface area contributed by atoms with Crippen LogP contribution in [0.5, 0.6) is 0 Å². The number of allylic oxidation sites excluding steroid dienone is 1. The van der Waals surface area contributed by atoms with Crippen molar-refractivity contribution in [2.45, 2.75) is 31.3 Å². The molecule has 10 rings (SSSR count). The first-order valence-electron chi connectivity index (χ1n) is 15.7. The van der Waals surface area contributed by atoms with E-state index in [0.29, 0.717) is 5.92 Å². The Bertz CT molecular complexity index is 2460. The van der Waals surface area contributed by atoms with Crippen molar-refractivity contribution in [3.8, 4) is 22.5 Å². The molecular formula is C41H31N3+2. The van der Waals surface area contributed by atoms with Crippen molar-refractivity contribution < 1.29 is 9.13 Å². The second kappa shape index (κ2) is 8.87. The van der Waals surface area contributed by atoms with E-state index in [9.17, 15) is 0 Å². The topological polar surface area (TPSA) is 12.2 Å². The second-order valence-electron chi connectivity index (χ2n) is 12.6. The van der Waals surface area contributed by atoms with E-state index < -0.39 is 0 Å². The van der Waals surface area contributed by atoms with E-state index in [-0.39, 0.29) is 6.04 Å². The molecule has 2 unspecified atom stereocenters. The van der Waals surface area contributed by atoms with Crippen LogP contribution in [-0.2, 0) is 13.0 Å². The molecule has 0 bridgehead atoms. The van der Waals surface area contributed by atoms with Gasteiger partial charge in [-0.1, -0.05) is 61.2 Å². The molecular weight excluding hydrogens is 534 g/mol. The Morgan fingerprint density at radius 3 is 2.25 bits per heavy atom. The highest BCUT2D eigenvalue weighted by Crippen LogP contribution is 2.48. The normalized spacial score (nSPS) is 17.8. The molecule has 3 nitrogen and oxygen atoms in total. The SMILES string of the molecule is C=C1C[n+]2ccccc2-c2cc3c4ccccc4n4c5ccccc5c(c2CCC2c5ccccc5-c5cccc[n+]5C12)c34. The summed E-state index contributed by atoms with van der Waals surface area (Å²) in [6, 6.07) is 42.9. The van der Waals surface area contributed by atoms with Crippen LogP contribution in [0.25, 0.3) is 60.6 Å². The maximum Gasteiger partial charge on any atom is 0.213 e. The molecule has 0 saturated carbocycles. The Morgan fingerprint density at radius 2 is 1.36 bits per heavy atom. The molecule has 0 amide bonds. The van der Waals surface area contributed by atoms with E-state index in [1.54, 1.807) is 0 Å². The van der Waals surface area contributed by atoms with E-state index in [1.807, 2.05) is 0 Å². The lowest BCUT2D eigenvalue weighted by atomic mass is 9.76. The number of benzene rings is 4. The van der Waals surface area contributed by atoms with Crippen molar-refractivity contribution in [3.05, 3.63) is 151 Å². The Balaban J connectivity index is 1.31. The predicted octanol–water partition coefficient (Wildman–Crippen LogP) is 8.59. The van der Waals surface area contributed by atoms with Crippen LogP contribution in [0.2, 0.25) is 0 Å². The standard InChI is InChI=1S/C41H31N3/c1-26-25-42-22-10-8-16-35(42)33-24-34-29-14-4-6-18-37(29)44-38-19-7-5-15-32(38)39(41(34)44)30(33)20-21-31-27-12-2-3-13-28(27)36-17-9-11-23-43(36)40(26)31/h2-19,22-24,31,40H,1,20-21,25H2/q+2. The number of fused-ring (bicyclic) bond motifs is 16. The van der Waals surface area contributed by atoms with Crippen LogP contribution < -0.4 is 9.13 Å². The molecule has 44 heavy (non-hydrogen) atoms. The summed E-state index contributed by atoms with van der Waals surface area (Å²) >= 11 is 0. The summed E-state index contributed by atoms with van der Waals surface area (Å²) in [6.07, 6.45) is 6.54. The van der Waals surface area contributed by atoms with Crippen molar-refractivity contribution in [2.75, 3.05) is 0 Å². The van der Waals surface area contributed by atoms with Gasteiger partial charge in [-0.2, -0.15) is 9.13 Å². The van der Waals surface area contributed by atoms with Gasteiger partial charge in [0, 0.05) is 51.4 Å². The third-order valence-electron chi connectivity index (χ3n) is 10.4. The van der Waals surface area contributed by atoms with Gasteiger partial charge in [0.2, 0.25) is 11.4 Å². The van der Waals surface area contributed by atoms with Crippen LogP contribution in [0.1, 0.15) is 29.5 Å². The number of hydrogen-bond donors (Lipinski definition) is 0. The fourth-order valence-corrected chi connectivity index (χ4v) is 8.68. The van der Waals surface area contributed by atoms with Gasteiger partial charge in [0.1, 0.15) is 0 Å². The molecule has 0 saturated heterocycles. The maximum absolute atomic E-state index is 4.81. The lowest BCUT2D eigenvalue weighted by Crippen LogP contribution is -2.51. The zero-order valence-electron chi connectivity index (χ0n) is 24.4. The summed E-state index contributed by atoms with van der Waals surface area (Å²) in [7, 11) is 0. The van der Waals surface area contributed by atoms with Gasteiger partial charge < -0.3 is 4.40 Å². The van der Waals surface area contributed by atoms with Crippen molar-refractivity contribution in [2.24, 2.45) is 0 Å². The average molecular weight is 566 g/mol. The molecule has 3 heteroatoms. The van der Waals surface area contributed by atoms with Crippen LogP contribution in [0.15, 0.2) is 140 Å². The van der Waals surface area contributed by atoms with Crippen molar-refractivity contribution in [3.63, 3.8) is 0 Å². The predicted molar refractivity (Wildman–Crippen MR) is 178 cm³/mol.